The van der Waals surface area contributed by atoms with E-state index in [1.165, 1.54) is 17.0 Å². The minimum absolute atomic E-state index is 0.0765. The third kappa shape index (κ3) is 3.56. The fraction of sp³-hybridized carbons (Fsp3) is 0.385. The maximum Gasteiger partial charge on any atom is 0.335 e. The molecule has 1 atom stereocenters. The number of amides is 1. The number of nitrogens with two attached hydrogens (primary N) is 1. The summed E-state index contributed by atoms with van der Waals surface area (Å²) in [6.07, 6.45) is 1.03. The van der Waals surface area contributed by atoms with E-state index in [2.05, 4.69) is 0 Å². The molecular formula is C13H18N2O3. The molecule has 0 radical (unpaired) electrons. The molecule has 0 bridgehead atoms. The van der Waals surface area contributed by atoms with Crippen LogP contribution in [0.1, 0.15) is 30.1 Å². The molecule has 0 heterocycles. The van der Waals surface area contributed by atoms with Crippen molar-refractivity contribution in [3.05, 3.63) is 29.8 Å². The lowest BCUT2D eigenvalue weighted by Gasteiger charge is -2.19. The van der Waals surface area contributed by atoms with Crippen LogP contribution in [0.15, 0.2) is 24.3 Å². The summed E-state index contributed by atoms with van der Waals surface area (Å²) < 4.78 is 0. The maximum atomic E-state index is 11.9. The van der Waals surface area contributed by atoms with E-state index in [1.807, 2.05) is 6.92 Å². The van der Waals surface area contributed by atoms with E-state index in [0.29, 0.717) is 5.69 Å². The second-order valence-corrected chi connectivity index (χ2v) is 4.18. The highest BCUT2D eigenvalue weighted by molar-refractivity contribution is 5.94. The lowest BCUT2D eigenvalue weighted by atomic mass is 10.1. The number of carboxylic acid groups (broad SMARTS) is 1. The van der Waals surface area contributed by atoms with Crippen molar-refractivity contribution in [3.8, 4) is 0 Å². The van der Waals surface area contributed by atoms with Crippen LogP contribution in [-0.4, -0.2) is 30.1 Å². The molecule has 0 fully saturated rings. The molecule has 0 spiro atoms. The lowest BCUT2D eigenvalue weighted by Crippen LogP contribution is -2.32. The van der Waals surface area contributed by atoms with Gasteiger partial charge < -0.3 is 15.7 Å². The summed E-state index contributed by atoms with van der Waals surface area (Å²) in [4.78, 5) is 24.1. The predicted octanol–water partition coefficient (Wildman–Crippen LogP) is 1.47. The molecule has 1 aromatic carbocycles. The zero-order valence-corrected chi connectivity index (χ0v) is 10.6. The maximum absolute atomic E-state index is 11.9. The minimum atomic E-state index is -0.983. The molecular weight excluding hydrogens is 232 g/mol. The SMILES string of the molecule is CCC(N)CC(=O)N(C)c1ccc(C(=O)O)cc1. The van der Waals surface area contributed by atoms with Gasteiger partial charge in [-0.1, -0.05) is 6.92 Å². The van der Waals surface area contributed by atoms with Crippen molar-refractivity contribution in [3.63, 3.8) is 0 Å². The summed E-state index contributed by atoms with van der Waals surface area (Å²) in [6.45, 7) is 1.93. The van der Waals surface area contributed by atoms with Crippen LogP contribution in [-0.2, 0) is 4.79 Å². The Morgan fingerprint density at radius 3 is 2.33 bits per heavy atom. The molecule has 0 saturated heterocycles. The Labute approximate surface area is 106 Å². The van der Waals surface area contributed by atoms with Gasteiger partial charge in [0, 0.05) is 25.2 Å². The third-order valence-electron chi connectivity index (χ3n) is 2.84. The molecule has 18 heavy (non-hydrogen) atoms. The molecule has 98 valence electrons. The normalized spacial score (nSPS) is 11.9. The molecule has 3 N–H and O–H groups in total. The first-order valence-electron chi connectivity index (χ1n) is 5.81. The highest BCUT2D eigenvalue weighted by atomic mass is 16.4. The number of aromatic carboxylic acids is 1. The molecule has 0 aliphatic carbocycles. The predicted molar refractivity (Wildman–Crippen MR) is 69.7 cm³/mol. The van der Waals surface area contributed by atoms with E-state index in [0.717, 1.165) is 6.42 Å². The fourth-order valence-electron chi connectivity index (χ4n) is 1.48. The topological polar surface area (TPSA) is 83.6 Å². The first kappa shape index (κ1) is 14.2. The van der Waals surface area contributed by atoms with Crippen molar-refractivity contribution >= 4 is 17.6 Å². The Bertz CT molecular complexity index is 428. The lowest BCUT2D eigenvalue weighted by molar-refractivity contribution is -0.118. The monoisotopic (exact) mass is 250 g/mol. The Hall–Kier alpha value is -1.88. The van der Waals surface area contributed by atoms with Gasteiger partial charge in [0.15, 0.2) is 0 Å². The molecule has 5 nitrogen and oxygen atoms in total. The van der Waals surface area contributed by atoms with Gasteiger partial charge in [0.25, 0.3) is 0 Å². The number of carbonyl (C=O) groups is 2. The number of rotatable bonds is 5. The second kappa shape index (κ2) is 6.16. The standard InChI is InChI=1S/C13H18N2O3/c1-3-10(14)8-12(16)15(2)11-6-4-9(5-7-11)13(17)18/h4-7,10H,3,8,14H2,1-2H3,(H,17,18). The minimum Gasteiger partial charge on any atom is -0.478 e. The van der Waals surface area contributed by atoms with E-state index < -0.39 is 5.97 Å². The zero-order chi connectivity index (χ0) is 13.7. The Morgan fingerprint density at radius 1 is 1.33 bits per heavy atom. The summed E-state index contributed by atoms with van der Waals surface area (Å²) in [5.74, 6) is -1.06. The van der Waals surface area contributed by atoms with Gasteiger partial charge in [0.2, 0.25) is 5.91 Å². The van der Waals surface area contributed by atoms with Crippen LogP contribution in [0.2, 0.25) is 0 Å². The van der Waals surface area contributed by atoms with E-state index >= 15 is 0 Å². The molecule has 1 rings (SSSR count). The molecule has 0 aliphatic rings. The van der Waals surface area contributed by atoms with Crippen LogP contribution in [0.4, 0.5) is 5.69 Å². The number of carboxylic acids is 1. The molecule has 0 saturated carbocycles. The number of hydrogen-bond donors (Lipinski definition) is 2. The van der Waals surface area contributed by atoms with Crippen molar-refractivity contribution in [2.24, 2.45) is 5.73 Å². The van der Waals surface area contributed by atoms with E-state index in [-0.39, 0.29) is 23.9 Å². The van der Waals surface area contributed by atoms with Crippen molar-refractivity contribution in [2.45, 2.75) is 25.8 Å². The van der Waals surface area contributed by atoms with Gasteiger partial charge in [-0.2, -0.15) is 0 Å². The zero-order valence-electron chi connectivity index (χ0n) is 10.6. The van der Waals surface area contributed by atoms with Crippen LogP contribution < -0.4 is 10.6 Å². The highest BCUT2D eigenvalue weighted by Crippen LogP contribution is 2.15. The van der Waals surface area contributed by atoms with Crippen molar-refractivity contribution in [2.75, 3.05) is 11.9 Å². The first-order chi connectivity index (χ1) is 8.45. The number of benzene rings is 1. The molecule has 1 unspecified atom stereocenters. The van der Waals surface area contributed by atoms with Gasteiger partial charge >= 0.3 is 5.97 Å². The summed E-state index contributed by atoms with van der Waals surface area (Å²) in [7, 11) is 1.65. The molecule has 0 aromatic heterocycles. The van der Waals surface area contributed by atoms with Gasteiger partial charge in [-0.25, -0.2) is 4.79 Å². The van der Waals surface area contributed by atoms with Gasteiger partial charge in [-0.3, -0.25) is 4.79 Å². The van der Waals surface area contributed by atoms with Gasteiger partial charge in [-0.05, 0) is 30.7 Å². The van der Waals surface area contributed by atoms with Crippen LogP contribution in [0.25, 0.3) is 0 Å². The third-order valence-corrected chi connectivity index (χ3v) is 2.84. The number of anilines is 1. The smallest absolute Gasteiger partial charge is 0.335 e. The second-order valence-electron chi connectivity index (χ2n) is 4.18. The molecule has 1 aromatic rings. The van der Waals surface area contributed by atoms with Crippen LogP contribution >= 0.6 is 0 Å². The van der Waals surface area contributed by atoms with Gasteiger partial charge in [0.1, 0.15) is 0 Å². The Balaban J connectivity index is 2.74. The highest BCUT2D eigenvalue weighted by Gasteiger charge is 2.14. The summed E-state index contributed by atoms with van der Waals surface area (Å²) in [5, 5.41) is 8.78. The summed E-state index contributed by atoms with van der Waals surface area (Å²) in [5.41, 5.74) is 6.59. The average Bonchev–Trinajstić information content (AvgIpc) is 2.37. The average molecular weight is 250 g/mol. The largest absolute Gasteiger partial charge is 0.478 e. The molecule has 5 heteroatoms. The first-order valence-corrected chi connectivity index (χ1v) is 5.81. The van der Waals surface area contributed by atoms with Crippen LogP contribution in [0.5, 0.6) is 0 Å². The fourth-order valence-corrected chi connectivity index (χ4v) is 1.48. The molecule has 1 amide bonds. The van der Waals surface area contributed by atoms with E-state index in [9.17, 15) is 9.59 Å². The van der Waals surface area contributed by atoms with Gasteiger partial charge in [-0.15, -0.1) is 0 Å². The van der Waals surface area contributed by atoms with Crippen molar-refractivity contribution in [1.29, 1.82) is 0 Å². The van der Waals surface area contributed by atoms with E-state index in [1.54, 1.807) is 19.2 Å². The number of nitrogens with zero attached hydrogens (tertiary/aromatic N) is 1. The van der Waals surface area contributed by atoms with Gasteiger partial charge in [0.05, 0.1) is 5.56 Å². The molecule has 0 aliphatic heterocycles. The summed E-state index contributed by atoms with van der Waals surface area (Å²) in [6, 6.07) is 6.03. The van der Waals surface area contributed by atoms with Crippen LogP contribution in [0.3, 0.4) is 0 Å². The Morgan fingerprint density at radius 2 is 1.89 bits per heavy atom. The van der Waals surface area contributed by atoms with Crippen molar-refractivity contribution in [1.82, 2.24) is 0 Å². The van der Waals surface area contributed by atoms with E-state index in [4.69, 9.17) is 10.8 Å². The van der Waals surface area contributed by atoms with Crippen LogP contribution in [0, 0.1) is 0 Å². The summed E-state index contributed by atoms with van der Waals surface area (Å²) >= 11 is 0. The quantitative estimate of drug-likeness (QED) is 0.829. The number of carbonyl (C=O) groups excluding carboxylic acids is 1. The number of hydrogen-bond acceptors (Lipinski definition) is 3. The Kier molecular flexibility index (Phi) is 4.85. The van der Waals surface area contributed by atoms with Crippen molar-refractivity contribution < 1.29 is 14.7 Å².